The van der Waals surface area contributed by atoms with E-state index in [-0.39, 0.29) is 5.41 Å². The highest BCUT2D eigenvalue weighted by molar-refractivity contribution is 5.67. The molecule has 4 aliphatic carbocycles. The molecule has 0 radical (unpaired) electrons. The van der Waals surface area contributed by atoms with E-state index in [1.54, 1.807) is 0 Å². The summed E-state index contributed by atoms with van der Waals surface area (Å²) in [6.07, 6.45) is 10.0. The zero-order valence-corrected chi connectivity index (χ0v) is 11.7. The topological polar surface area (TPSA) is 37.3 Å². The van der Waals surface area contributed by atoms with Crippen molar-refractivity contribution in [3.63, 3.8) is 0 Å². The van der Waals surface area contributed by atoms with Crippen LogP contribution in [-0.4, -0.2) is 11.1 Å². The van der Waals surface area contributed by atoms with Gasteiger partial charge in [-0.1, -0.05) is 13.8 Å². The van der Waals surface area contributed by atoms with Crippen LogP contribution in [0, 0.1) is 28.6 Å². The largest absolute Gasteiger partial charge is 0.481 e. The second kappa shape index (κ2) is 3.98. The first-order chi connectivity index (χ1) is 8.36. The lowest BCUT2D eigenvalue weighted by atomic mass is 9.47. The first-order valence-corrected chi connectivity index (χ1v) is 7.58. The molecule has 0 aromatic heterocycles. The Morgan fingerprint density at radius 1 is 1.11 bits per heavy atom. The summed E-state index contributed by atoms with van der Waals surface area (Å²) in [5.74, 6) is 2.27. The zero-order chi connectivity index (χ0) is 13.0. The lowest BCUT2D eigenvalue weighted by Gasteiger charge is -2.58. The fraction of sp³-hybridized carbons (Fsp3) is 0.938. The molecule has 4 saturated carbocycles. The molecule has 18 heavy (non-hydrogen) atoms. The number of carboxylic acids is 1. The van der Waals surface area contributed by atoms with Crippen LogP contribution in [0.5, 0.6) is 0 Å². The van der Waals surface area contributed by atoms with Gasteiger partial charge < -0.3 is 5.11 Å². The van der Waals surface area contributed by atoms with Gasteiger partial charge in [0, 0.05) is 0 Å². The Bertz CT molecular complexity index is 321. The van der Waals surface area contributed by atoms with Gasteiger partial charge >= 0.3 is 5.97 Å². The molecule has 0 atom stereocenters. The summed E-state index contributed by atoms with van der Waals surface area (Å²) in [7, 11) is 0. The quantitative estimate of drug-likeness (QED) is 0.815. The number of carboxylic acid groups (broad SMARTS) is 1. The highest BCUT2D eigenvalue weighted by Gasteiger charge is 2.52. The molecule has 0 saturated heterocycles. The van der Waals surface area contributed by atoms with Crippen molar-refractivity contribution in [1.29, 1.82) is 0 Å². The number of carbonyl (C=O) groups is 1. The van der Waals surface area contributed by atoms with Gasteiger partial charge in [0.2, 0.25) is 0 Å². The van der Waals surface area contributed by atoms with E-state index in [0.29, 0.717) is 11.8 Å². The van der Waals surface area contributed by atoms with Crippen molar-refractivity contribution in [3.8, 4) is 0 Å². The number of rotatable bonds is 4. The van der Waals surface area contributed by atoms with Gasteiger partial charge in [0.05, 0.1) is 6.42 Å². The predicted molar refractivity (Wildman–Crippen MR) is 71.3 cm³/mol. The van der Waals surface area contributed by atoms with Crippen molar-refractivity contribution in [2.75, 3.05) is 0 Å². The highest BCUT2D eigenvalue weighted by Crippen LogP contribution is 2.63. The summed E-state index contributed by atoms with van der Waals surface area (Å²) in [5.41, 5.74) is 0.477. The highest BCUT2D eigenvalue weighted by atomic mass is 16.4. The third-order valence-electron chi connectivity index (χ3n) is 5.65. The smallest absolute Gasteiger partial charge is 0.303 e. The molecule has 102 valence electrons. The van der Waals surface area contributed by atoms with Crippen LogP contribution in [0.1, 0.15) is 65.2 Å². The molecule has 0 heterocycles. The summed E-state index contributed by atoms with van der Waals surface area (Å²) < 4.78 is 0. The Balaban J connectivity index is 1.74. The molecule has 2 nitrogen and oxygen atoms in total. The van der Waals surface area contributed by atoms with Crippen molar-refractivity contribution >= 4 is 5.97 Å². The average Bonchev–Trinajstić information content (AvgIpc) is 2.09. The average molecular weight is 250 g/mol. The summed E-state index contributed by atoms with van der Waals surface area (Å²) in [6.45, 7) is 4.30. The van der Waals surface area contributed by atoms with Gasteiger partial charge in [-0.05, 0) is 73.5 Å². The Morgan fingerprint density at radius 2 is 1.56 bits per heavy atom. The monoisotopic (exact) mass is 250 g/mol. The molecule has 1 N–H and O–H groups in total. The predicted octanol–water partition coefficient (Wildman–Crippen LogP) is 4.09. The van der Waals surface area contributed by atoms with E-state index in [1.807, 2.05) is 0 Å². The van der Waals surface area contributed by atoms with E-state index in [9.17, 15) is 4.79 Å². The van der Waals surface area contributed by atoms with Gasteiger partial charge in [0.1, 0.15) is 0 Å². The minimum absolute atomic E-state index is 0.0303. The minimum atomic E-state index is -0.635. The molecule has 0 aromatic rings. The van der Waals surface area contributed by atoms with Crippen LogP contribution in [0.2, 0.25) is 0 Å². The third-order valence-corrected chi connectivity index (χ3v) is 5.65. The van der Waals surface area contributed by atoms with Crippen LogP contribution in [0.25, 0.3) is 0 Å². The van der Waals surface area contributed by atoms with Crippen LogP contribution < -0.4 is 0 Å². The molecule has 4 rings (SSSR count). The molecule has 4 aliphatic rings. The van der Waals surface area contributed by atoms with Crippen LogP contribution in [0.3, 0.4) is 0 Å². The maximum atomic E-state index is 11.0. The Labute approximate surface area is 110 Å². The van der Waals surface area contributed by atoms with Gasteiger partial charge in [-0.2, -0.15) is 0 Å². The molecule has 4 bridgehead atoms. The van der Waals surface area contributed by atoms with Crippen molar-refractivity contribution in [2.24, 2.45) is 28.6 Å². The van der Waals surface area contributed by atoms with E-state index in [4.69, 9.17) is 5.11 Å². The van der Waals surface area contributed by atoms with Crippen LogP contribution in [0.4, 0.5) is 0 Å². The summed E-state index contributed by atoms with van der Waals surface area (Å²) in [5, 5.41) is 9.06. The zero-order valence-electron chi connectivity index (χ0n) is 11.7. The lowest BCUT2D eigenvalue weighted by Crippen LogP contribution is -2.47. The maximum Gasteiger partial charge on any atom is 0.303 e. The summed E-state index contributed by atoms with van der Waals surface area (Å²) in [6, 6.07) is 0. The molecule has 0 spiro atoms. The first kappa shape index (κ1) is 12.5. The van der Waals surface area contributed by atoms with Gasteiger partial charge in [-0.3, -0.25) is 4.79 Å². The van der Waals surface area contributed by atoms with Crippen molar-refractivity contribution in [2.45, 2.75) is 65.2 Å². The second-order valence-electron chi connectivity index (χ2n) is 8.33. The molecular weight excluding hydrogens is 224 g/mol. The molecule has 2 heteroatoms. The number of aliphatic carboxylic acids is 1. The van der Waals surface area contributed by atoms with Crippen LogP contribution in [0.15, 0.2) is 0 Å². The molecule has 0 aliphatic heterocycles. The SMILES string of the molecule is CC(C)(CC(=O)O)CC12CC3CC(CC(C3)C1)C2. The summed E-state index contributed by atoms with van der Waals surface area (Å²) >= 11 is 0. The second-order valence-corrected chi connectivity index (χ2v) is 8.33. The number of hydrogen-bond acceptors (Lipinski definition) is 1. The standard InChI is InChI=1S/C16H26O2/c1-15(2,9-14(17)18)10-16-6-11-3-12(7-16)5-13(4-11)8-16/h11-13H,3-10H2,1-2H3,(H,17,18). The maximum absolute atomic E-state index is 11.0. The summed E-state index contributed by atoms with van der Waals surface area (Å²) in [4.78, 5) is 11.0. The van der Waals surface area contributed by atoms with Crippen LogP contribution >= 0.6 is 0 Å². The van der Waals surface area contributed by atoms with E-state index in [2.05, 4.69) is 13.8 Å². The molecule has 0 unspecified atom stereocenters. The first-order valence-electron chi connectivity index (χ1n) is 7.58. The molecular formula is C16H26O2. The normalized spacial score (nSPS) is 42.2. The Morgan fingerprint density at radius 3 is 1.94 bits per heavy atom. The fourth-order valence-electron chi connectivity index (χ4n) is 5.99. The van der Waals surface area contributed by atoms with Gasteiger partial charge in [-0.25, -0.2) is 0 Å². The van der Waals surface area contributed by atoms with E-state index in [1.165, 1.54) is 38.5 Å². The Hall–Kier alpha value is -0.530. The lowest BCUT2D eigenvalue weighted by molar-refractivity contribution is -0.140. The third kappa shape index (κ3) is 2.31. The number of hydrogen-bond donors (Lipinski definition) is 1. The van der Waals surface area contributed by atoms with Gasteiger partial charge in [0.15, 0.2) is 0 Å². The van der Waals surface area contributed by atoms with E-state index < -0.39 is 5.97 Å². The fourth-order valence-corrected chi connectivity index (χ4v) is 5.99. The van der Waals surface area contributed by atoms with E-state index in [0.717, 1.165) is 24.2 Å². The minimum Gasteiger partial charge on any atom is -0.481 e. The van der Waals surface area contributed by atoms with E-state index >= 15 is 0 Å². The Kier molecular flexibility index (Phi) is 2.76. The van der Waals surface area contributed by atoms with Crippen LogP contribution in [-0.2, 0) is 4.79 Å². The van der Waals surface area contributed by atoms with Crippen molar-refractivity contribution in [1.82, 2.24) is 0 Å². The molecule has 4 fully saturated rings. The molecule has 0 aromatic carbocycles. The van der Waals surface area contributed by atoms with Gasteiger partial charge in [-0.15, -0.1) is 0 Å². The van der Waals surface area contributed by atoms with Gasteiger partial charge in [0.25, 0.3) is 0 Å². The van der Waals surface area contributed by atoms with Crippen molar-refractivity contribution in [3.05, 3.63) is 0 Å². The molecule has 0 amide bonds. The van der Waals surface area contributed by atoms with Crippen molar-refractivity contribution < 1.29 is 9.90 Å².